The van der Waals surface area contributed by atoms with Crippen LogP contribution in [0.2, 0.25) is 0 Å². The van der Waals surface area contributed by atoms with Gasteiger partial charge in [-0.25, -0.2) is 0 Å². The highest BCUT2D eigenvalue weighted by Crippen LogP contribution is 2.48. The molecule has 1 fully saturated rings. The van der Waals surface area contributed by atoms with Gasteiger partial charge in [-0.15, -0.1) is 0 Å². The molecule has 0 spiro atoms. The molecule has 0 aromatic heterocycles. The van der Waals surface area contributed by atoms with Crippen molar-refractivity contribution in [1.29, 1.82) is 0 Å². The number of rotatable bonds is 9. The van der Waals surface area contributed by atoms with Crippen LogP contribution in [-0.4, -0.2) is 13.2 Å². The molecule has 0 radical (unpaired) electrons. The fourth-order valence-electron chi connectivity index (χ4n) is 4.74. The highest BCUT2D eigenvalue weighted by atomic mass is 16.5. The van der Waals surface area contributed by atoms with Crippen molar-refractivity contribution in [3.8, 4) is 0 Å². The number of hydrogen-bond donors (Lipinski definition) is 0. The van der Waals surface area contributed by atoms with Gasteiger partial charge in [0.1, 0.15) is 0 Å². The lowest BCUT2D eigenvalue weighted by Gasteiger charge is -2.28. The molecule has 33 heavy (non-hydrogen) atoms. The van der Waals surface area contributed by atoms with Gasteiger partial charge >= 0.3 is 0 Å². The average molecular weight is 439 g/mol. The summed E-state index contributed by atoms with van der Waals surface area (Å²) in [5, 5.41) is 0. The van der Waals surface area contributed by atoms with Gasteiger partial charge in [0.15, 0.2) is 0 Å². The molecule has 0 unspecified atom stereocenters. The zero-order valence-electron chi connectivity index (χ0n) is 19.8. The van der Waals surface area contributed by atoms with Gasteiger partial charge in [0.05, 0.1) is 26.4 Å². The van der Waals surface area contributed by atoms with Gasteiger partial charge in [0.2, 0.25) is 0 Å². The molecular formula is C31H34O2. The Balaban J connectivity index is 1.53. The lowest BCUT2D eigenvalue weighted by atomic mass is 9.87. The number of hydrogen-bond acceptors (Lipinski definition) is 2. The molecule has 0 amide bonds. The Hall–Kier alpha value is -2.94. The minimum absolute atomic E-state index is 0.0588. The Labute approximate surface area is 198 Å². The molecule has 4 rings (SSSR count). The molecule has 0 bridgehead atoms. The number of benzene rings is 3. The molecule has 0 heterocycles. The van der Waals surface area contributed by atoms with Crippen LogP contribution in [0.3, 0.4) is 0 Å². The van der Waals surface area contributed by atoms with Gasteiger partial charge in [0.25, 0.3) is 0 Å². The third-order valence-corrected chi connectivity index (χ3v) is 6.55. The largest absolute Gasteiger partial charge is 0.376 e. The molecule has 3 aromatic carbocycles. The summed E-state index contributed by atoms with van der Waals surface area (Å²) in [6.45, 7) is 7.02. The molecule has 0 atom stereocenters. The van der Waals surface area contributed by atoms with E-state index in [2.05, 4.69) is 98.8 Å². The minimum Gasteiger partial charge on any atom is -0.376 e. The Morgan fingerprint density at radius 2 is 1.21 bits per heavy atom. The molecule has 0 N–H and O–H groups in total. The summed E-state index contributed by atoms with van der Waals surface area (Å²) in [5.41, 5.74) is 7.86. The molecule has 1 aliphatic carbocycles. The van der Waals surface area contributed by atoms with Crippen molar-refractivity contribution in [2.45, 2.75) is 39.9 Å². The standard InChI is InChI=1S/C31H34O2/c1-3-28-19-31(23-32-21-26-13-7-4-8-14-26,24-33-22-27-15-9-5-10-16-27)20-30(28)25(2)29-17-11-6-12-18-29/h3-18H,19-24H2,1-2H3/b28-3+,30-25-. The van der Waals surface area contributed by atoms with E-state index in [1.54, 1.807) is 0 Å². The van der Waals surface area contributed by atoms with Crippen molar-refractivity contribution in [3.05, 3.63) is 125 Å². The monoisotopic (exact) mass is 438 g/mol. The molecule has 3 aromatic rings. The van der Waals surface area contributed by atoms with E-state index in [4.69, 9.17) is 9.47 Å². The first-order chi connectivity index (χ1) is 16.2. The summed E-state index contributed by atoms with van der Waals surface area (Å²) >= 11 is 0. The van der Waals surface area contributed by atoms with E-state index in [0.717, 1.165) is 12.8 Å². The Morgan fingerprint density at radius 3 is 1.70 bits per heavy atom. The Morgan fingerprint density at radius 1 is 0.727 bits per heavy atom. The van der Waals surface area contributed by atoms with Crippen LogP contribution in [0.5, 0.6) is 0 Å². The highest BCUT2D eigenvalue weighted by Gasteiger charge is 2.40. The first-order valence-corrected chi connectivity index (χ1v) is 11.8. The average Bonchev–Trinajstić information content (AvgIpc) is 3.24. The van der Waals surface area contributed by atoms with Gasteiger partial charge in [0, 0.05) is 5.41 Å². The van der Waals surface area contributed by atoms with E-state index in [1.165, 1.54) is 33.4 Å². The smallest absolute Gasteiger partial charge is 0.0717 e. The first kappa shape index (κ1) is 23.2. The fraction of sp³-hybridized carbons (Fsp3) is 0.290. The zero-order valence-corrected chi connectivity index (χ0v) is 19.8. The second-order valence-electron chi connectivity index (χ2n) is 9.09. The summed E-state index contributed by atoms with van der Waals surface area (Å²) in [5.74, 6) is 0. The van der Waals surface area contributed by atoms with E-state index in [-0.39, 0.29) is 5.41 Å². The van der Waals surface area contributed by atoms with E-state index >= 15 is 0 Å². The van der Waals surface area contributed by atoms with Crippen LogP contribution in [-0.2, 0) is 22.7 Å². The third kappa shape index (κ3) is 6.10. The van der Waals surface area contributed by atoms with E-state index in [0.29, 0.717) is 26.4 Å². The summed E-state index contributed by atoms with van der Waals surface area (Å²) < 4.78 is 12.6. The van der Waals surface area contributed by atoms with Crippen LogP contribution in [0, 0.1) is 5.41 Å². The molecule has 2 nitrogen and oxygen atoms in total. The number of allylic oxidation sites excluding steroid dienone is 4. The van der Waals surface area contributed by atoms with Crippen LogP contribution in [0.1, 0.15) is 43.4 Å². The maximum Gasteiger partial charge on any atom is 0.0717 e. The quantitative estimate of drug-likeness (QED) is 0.342. The Bertz CT molecular complexity index is 1020. The normalized spacial score (nSPS) is 17.9. The van der Waals surface area contributed by atoms with Crippen molar-refractivity contribution in [1.82, 2.24) is 0 Å². The molecule has 1 saturated carbocycles. The molecule has 2 heteroatoms. The van der Waals surface area contributed by atoms with Crippen molar-refractivity contribution >= 4 is 5.57 Å². The van der Waals surface area contributed by atoms with Crippen LogP contribution in [0.15, 0.2) is 108 Å². The lowest BCUT2D eigenvalue weighted by molar-refractivity contribution is -0.0262. The number of ether oxygens (including phenoxy) is 2. The summed E-state index contributed by atoms with van der Waals surface area (Å²) in [4.78, 5) is 0. The van der Waals surface area contributed by atoms with Crippen molar-refractivity contribution in [2.24, 2.45) is 5.41 Å². The van der Waals surface area contributed by atoms with Crippen LogP contribution in [0.4, 0.5) is 0 Å². The van der Waals surface area contributed by atoms with Crippen molar-refractivity contribution in [3.63, 3.8) is 0 Å². The fourth-order valence-corrected chi connectivity index (χ4v) is 4.74. The predicted molar refractivity (Wildman–Crippen MR) is 137 cm³/mol. The summed E-state index contributed by atoms with van der Waals surface area (Å²) in [7, 11) is 0. The van der Waals surface area contributed by atoms with Gasteiger partial charge in [-0.05, 0) is 60.1 Å². The second kappa shape index (κ2) is 11.3. The van der Waals surface area contributed by atoms with Gasteiger partial charge in [-0.1, -0.05) is 97.1 Å². The minimum atomic E-state index is -0.0588. The van der Waals surface area contributed by atoms with Crippen LogP contribution < -0.4 is 0 Å². The van der Waals surface area contributed by atoms with Gasteiger partial charge in [-0.3, -0.25) is 0 Å². The maximum atomic E-state index is 6.31. The summed E-state index contributed by atoms with van der Waals surface area (Å²) in [6.07, 6.45) is 4.22. The van der Waals surface area contributed by atoms with Gasteiger partial charge < -0.3 is 9.47 Å². The van der Waals surface area contributed by atoms with E-state index in [9.17, 15) is 0 Å². The molecule has 1 aliphatic rings. The van der Waals surface area contributed by atoms with Gasteiger partial charge in [-0.2, -0.15) is 0 Å². The highest BCUT2D eigenvalue weighted by molar-refractivity contribution is 5.72. The van der Waals surface area contributed by atoms with E-state index < -0.39 is 0 Å². The predicted octanol–water partition coefficient (Wildman–Crippen LogP) is 7.62. The van der Waals surface area contributed by atoms with Crippen molar-refractivity contribution < 1.29 is 9.47 Å². The lowest BCUT2D eigenvalue weighted by Crippen LogP contribution is -2.29. The third-order valence-electron chi connectivity index (χ3n) is 6.55. The zero-order chi connectivity index (χ0) is 22.9. The SMILES string of the molecule is C/C=C1\CC(COCc2ccccc2)(COCc2ccccc2)C\C1=C(/C)c1ccccc1. The molecule has 0 saturated heterocycles. The Kier molecular flexibility index (Phi) is 7.93. The topological polar surface area (TPSA) is 18.5 Å². The van der Waals surface area contributed by atoms with Crippen molar-refractivity contribution in [2.75, 3.05) is 13.2 Å². The second-order valence-corrected chi connectivity index (χ2v) is 9.09. The molecule has 0 aliphatic heterocycles. The van der Waals surface area contributed by atoms with Crippen LogP contribution in [0.25, 0.3) is 5.57 Å². The first-order valence-electron chi connectivity index (χ1n) is 11.8. The molecule has 170 valence electrons. The summed E-state index contributed by atoms with van der Waals surface area (Å²) in [6, 6.07) is 31.5. The maximum absolute atomic E-state index is 6.31. The molecular weight excluding hydrogens is 404 g/mol. The van der Waals surface area contributed by atoms with E-state index in [1.807, 2.05) is 12.1 Å². The van der Waals surface area contributed by atoms with Crippen LogP contribution >= 0.6 is 0 Å².